The van der Waals surface area contributed by atoms with Crippen molar-refractivity contribution in [3.05, 3.63) is 0 Å². The Balaban J connectivity index is 1.80. The smallest absolute Gasteiger partial charge is 0.174 e. The zero-order valence-corrected chi connectivity index (χ0v) is 9.84. The monoisotopic (exact) mass is 223 g/mol. The highest BCUT2D eigenvalue weighted by Gasteiger charge is 2.80. The highest BCUT2D eigenvalue weighted by Crippen LogP contribution is 2.72. The van der Waals surface area contributed by atoms with E-state index in [1.165, 1.54) is 6.42 Å². The maximum atomic E-state index is 6.32. The van der Waals surface area contributed by atoms with Crippen LogP contribution < -0.4 is 0 Å². The first-order chi connectivity index (χ1) is 7.55. The lowest BCUT2D eigenvalue weighted by Crippen LogP contribution is -2.52. The quantitative estimate of drug-likeness (QED) is 0.612. The predicted octanol–water partition coefficient (Wildman–Crippen LogP) is 0.975. The molecule has 0 radical (unpaired) electrons. The molecule has 8 atom stereocenters. The fraction of sp³-hybridized carbons (Fsp3) is 1.00. The van der Waals surface area contributed by atoms with Crippen molar-refractivity contribution < 1.29 is 14.2 Å². The van der Waals surface area contributed by atoms with Gasteiger partial charge in [0.1, 0.15) is 12.0 Å². The van der Waals surface area contributed by atoms with Gasteiger partial charge in [-0.25, -0.2) is 0 Å². The largest absolute Gasteiger partial charge is 0.334 e. The molecule has 88 valence electrons. The predicted molar refractivity (Wildman–Crippen MR) is 54.0 cm³/mol. The van der Waals surface area contributed by atoms with Gasteiger partial charge < -0.3 is 14.2 Å². The lowest BCUT2D eigenvalue weighted by Gasteiger charge is -2.42. The topological polar surface area (TPSA) is 30.9 Å². The van der Waals surface area contributed by atoms with Crippen LogP contribution in [-0.4, -0.2) is 36.0 Å². The molecule has 5 aliphatic rings. The molecule has 4 saturated heterocycles. The van der Waals surface area contributed by atoms with Crippen molar-refractivity contribution in [2.45, 2.75) is 44.3 Å². The van der Waals surface area contributed by atoms with Gasteiger partial charge in [-0.15, -0.1) is 0 Å². The lowest BCUT2D eigenvalue weighted by atomic mass is 9.83. The summed E-state index contributed by atoms with van der Waals surface area (Å²) in [6.07, 6.45) is 1.46. The van der Waals surface area contributed by atoms with Gasteiger partial charge in [0, 0.05) is 23.7 Å². The van der Waals surface area contributed by atoms with Crippen LogP contribution in [0.1, 0.15) is 20.3 Å². The molecular formula is C12H17NO3. The second-order valence-corrected chi connectivity index (χ2v) is 6.41. The van der Waals surface area contributed by atoms with Gasteiger partial charge >= 0.3 is 0 Å². The molecule has 4 heteroatoms. The molecule has 1 aliphatic carbocycles. The molecule has 0 aromatic carbocycles. The summed E-state index contributed by atoms with van der Waals surface area (Å²) in [5, 5.41) is 0. The maximum Gasteiger partial charge on any atom is 0.174 e. The van der Waals surface area contributed by atoms with Crippen molar-refractivity contribution in [1.82, 2.24) is 4.90 Å². The summed E-state index contributed by atoms with van der Waals surface area (Å²) < 4.78 is 18.5. The number of likely N-dealkylation sites (tertiary alicyclic amines) is 1. The summed E-state index contributed by atoms with van der Waals surface area (Å²) in [6, 6.07) is 0. The molecule has 4 heterocycles. The molecule has 16 heavy (non-hydrogen) atoms. The van der Waals surface area contributed by atoms with E-state index in [0.29, 0.717) is 23.7 Å². The number of hydrogen-bond acceptors (Lipinski definition) is 4. The zero-order chi connectivity index (χ0) is 10.9. The van der Waals surface area contributed by atoms with E-state index in [4.69, 9.17) is 14.2 Å². The summed E-state index contributed by atoms with van der Waals surface area (Å²) >= 11 is 0. The van der Waals surface area contributed by atoms with Crippen molar-refractivity contribution >= 4 is 0 Å². The molecular weight excluding hydrogens is 206 g/mol. The highest BCUT2D eigenvalue weighted by molar-refractivity contribution is 5.19. The van der Waals surface area contributed by atoms with E-state index in [1.54, 1.807) is 0 Å². The zero-order valence-electron chi connectivity index (χ0n) is 9.84. The van der Waals surface area contributed by atoms with Crippen molar-refractivity contribution in [2.24, 2.45) is 23.7 Å². The van der Waals surface area contributed by atoms with E-state index in [9.17, 15) is 0 Å². The first-order valence-corrected chi connectivity index (χ1v) is 6.31. The minimum absolute atomic E-state index is 0.0199. The van der Waals surface area contributed by atoms with Crippen LogP contribution in [0.3, 0.4) is 0 Å². The molecule has 2 bridgehead atoms. The Labute approximate surface area is 94.8 Å². The molecule has 0 aromatic rings. The van der Waals surface area contributed by atoms with E-state index in [-0.39, 0.29) is 18.2 Å². The molecule has 1 saturated carbocycles. The average Bonchev–Trinajstić information content (AvgIpc) is 2.80. The summed E-state index contributed by atoms with van der Waals surface area (Å²) in [5.41, 5.74) is -0.172. The molecule has 0 aromatic heterocycles. The van der Waals surface area contributed by atoms with Crippen molar-refractivity contribution in [2.75, 3.05) is 7.05 Å². The van der Waals surface area contributed by atoms with Crippen molar-refractivity contribution in [3.63, 3.8) is 0 Å². The number of rotatable bonds is 0. The minimum Gasteiger partial charge on any atom is -0.334 e. The van der Waals surface area contributed by atoms with Gasteiger partial charge in [0.25, 0.3) is 0 Å². The average molecular weight is 223 g/mol. The first kappa shape index (κ1) is 8.86. The van der Waals surface area contributed by atoms with E-state index in [1.807, 2.05) is 0 Å². The minimum atomic E-state index is -0.400. The first-order valence-electron chi connectivity index (χ1n) is 6.31. The van der Waals surface area contributed by atoms with Crippen molar-refractivity contribution in [1.29, 1.82) is 0 Å². The van der Waals surface area contributed by atoms with E-state index in [2.05, 4.69) is 25.8 Å². The molecule has 0 spiro atoms. The Bertz CT molecular complexity index is 402. The number of hydrogen-bond donors (Lipinski definition) is 0. The molecule has 4 nitrogen and oxygen atoms in total. The summed E-state index contributed by atoms with van der Waals surface area (Å²) in [7, 11) is 2.13. The second kappa shape index (κ2) is 2.09. The van der Waals surface area contributed by atoms with Crippen LogP contribution >= 0.6 is 0 Å². The molecule has 5 rings (SSSR count). The van der Waals surface area contributed by atoms with Gasteiger partial charge in [-0.05, 0) is 27.3 Å². The Morgan fingerprint density at radius 1 is 1.19 bits per heavy atom. The highest BCUT2D eigenvalue weighted by atomic mass is 16.8. The van der Waals surface area contributed by atoms with E-state index in [0.717, 1.165) is 0 Å². The summed E-state index contributed by atoms with van der Waals surface area (Å²) in [4.78, 5) is 2.30. The van der Waals surface area contributed by atoms with Crippen LogP contribution in [0.2, 0.25) is 0 Å². The van der Waals surface area contributed by atoms with E-state index >= 15 is 0 Å². The van der Waals surface area contributed by atoms with Crippen LogP contribution in [0.5, 0.6) is 0 Å². The van der Waals surface area contributed by atoms with Gasteiger partial charge in [-0.1, -0.05) is 0 Å². The molecule has 5 fully saturated rings. The van der Waals surface area contributed by atoms with E-state index < -0.39 is 5.79 Å². The van der Waals surface area contributed by atoms with Gasteiger partial charge in [0.05, 0.1) is 0 Å². The number of ether oxygens (including phenoxy) is 3. The Kier molecular flexibility index (Phi) is 1.16. The molecule has 8 unspecified atom stereocenters. The fourth-order valence-corrected chi connectivity index (χ4v) is 5.43. The van der Waals surface area contributed by atoms with Gasteiger partial charge in [0.2, 0.25) is 0 Å². The maximum absolute atomic E-state index is 6.32. The van der Waals surface area contributed by atoms with Crippen LogP contribution in [0.15, 0.2) is 0 Å². The molecule has 0 N–H and O–H groups in total. The standard InChI is InChI=1S/C12H17NO3/c1-11-7-5-4-6-8(7)12(2,16-11)15-10(6)14-9(5)13(11)3/h5-10H,4H2,1-3H3. The third kappa shape index (κ3) is 0.616. The van der Waals surface area contributed by atoms with Crippen LogP contribution in [0, 0.1) is 23.7 Å². The Morgan fingerprint density at radius 2 is 2.00 bits per heavy atom. The fourth-order valence-electron chi connectivity index (χ4n) is 5.43. The summed E-state index contributed by atoms with van der Waals surface area (Å²) in [5.74, 6) is 1.98. The number of nitrogens with zero attached hydrogens (tertiary/aromatic N) is 1. The summed E-state index contributed by atoms with van der Waals surface area (Å²) in [6.45, 7) is 4.32. The third-order valence-corrected chi connectivity index (χ3v) is 5.91. The van der Waals surface area contributed by atoms with Crippen LogP contribution in [0.4, 0.5) is 0 Å². The van der Waals surface area contributed by atoms with Gasteiger partial charge in [-0.3, -0.25) is 4.90 Å². The van der Waals surface area contributed by atoms with Crippen LogP contribution in [0.25, 0.3) is 0 Å². The normalized spacial score (nSPS) is 74.4. The van der Waals surface area contributed by atoms with Gasteiger partial charge in [-0.2, -0.15) is 0 Å². The second-order valence-electron chi connectivity index (χ2n) is 6.41. The van der Waals surface area contributed by atoms with Crippen molar-refractivity contribution in [3.8, 4) is 0 Å². The van der Waals surface area contributed by atoms with Crippen LogP contribution in [-0.2, 0) is 14.2 Å². The van der Waals surface area contributed by atoms with Gasteiger partial charge in [0.15, 0.2) is 12.1 Å². The molecule has 4 aliphatic heterocycles. The lowest BCUT2D eigenvalue weighted by molar-refractivity contribution is -0.356. The molecule has 0 amide bonds. The Hall–Kier alpha value is -0.160. The Morgan fingerprint density at radius 3 is 2.81 bits per heavy atom. The third-order valence-electron chi connectivity index (χ3n) is 5.91. The SMILES string of the molecule is CN1C2OC3OC4(C)OC1(C)C1C2CC3C14.